The number of alkyl halides is 3. The number of rotatable bonds is 3. The lowest BCUT2D eigenvalue weighted by molar-refractivity contribution is -0.274. The predicted molar refractivity (Wildman–Crippen MR) is 97.1 cm³/mol. The summed E-state index contributed by atoms with van der Waals surface area (Å²) in [5.41, 5.74) is 2.89. The quantitative estimate of drug-likeness (QED) is 0.614. The Bertz CT molecular complexity index is 980. The van der Waals surface area contributed by atoms with Gasteiger partial charge in [-0.1, -0.05) is 12.1 Å². The Morgan fingerprint density at radius 3 is 2.54 bits per heavy atom. The van der Waals surface area contributed by atoms with Gasteiger partial charge >= 0.3 is 6.36 Å². The molecule has 0 radical (unpaired) electrons. The second-order valence-corrected chi connectivity index (χ2v) is 6.52. The first-order valence-electron chi connectivity index (χ1n) is 8.88. The van der Waals surface area contributed by atoms with E-state index in [0.717, 1.165) is 37.2 Å². The van der Waals surface area contributed by atoms with Crippen LogP contribution in [-0.2, 0) is 6.42 Å². The van der Waals surface area contributed by atoms with E-state index in [9.17, 15) is 17.6 Å². The highest BCUT2D eigenvalue weighted by Crippen LogP contribution is 2.34. The van der Waals surface area contributed by atoms with Gasteiger partial charge in [0.2, 0.25) is 0 Å². The lowest BCUT2D eigenvalue weighted by Gasteiger charge is -2.11. The minimum absolute atomic E-state index is 0.298. The Morgan fingerprint density at radius 2 is 1.82 bits per heavy atom. The van der Waals surface area contributed by atoms with Gasteiger partial charge in [-0.05, 0) is 55.7 Å². The number of fused-ring (bicyclic) bond motifs is 1. The molecule has 1 aromatic heterocycles. The van der Waals surface area contributed by atoms with Crippen LogP contribution in [0.4, 0.5) is 23.4 Å². The molecule has 2 heterocycles. The maximum Gasteiger partial charge on any atom is 0.573 e. The summed E-state index contributed by atoms with van der Waals surface area (Å²) in [6, 6.07) is 11.7. The third kappa shape index (κ3) is 3.81. The fourth-order valence-electron chi connectivity index (χ4n) is 3.35. The van der Waals surface area contributed by atoms with Crippen LogP contribution in [0.1, 0.15) is 18.4 Å². The molecule has 0 fully saturated rings. The molecule has 4 nitrogen and oxygen atoms in total. The molecule has 0 amide bonds. The third-order valence-electron chi connectivity index (χ3n) is 4.54. The van der Waals surface area contributed by atoms with Crippen LogP contribution in [0.25, 0.3) is 16.9 Å². The summed E-state index contributed by atoms with van der Waals surface area (Å²) in [6.07, 6.45) is -2.01. The number of aromatic nitrogens is 2. The number of nitrogens with zero attached hydrogens (tertiary/aromatic N) is 2. The normalized spacial score (nSPS) is 14.1. The summed E-state index contributed by atoms with van der Waals surface area (Å²) >= 11 is 0. The average Bonchev–Trinajstić information content (AvgIpc) is 2.82. The van der Waals surface area contributed by atoms with Gasteiger partial charge in [-0.3, -0.25) is 0 Å². The summed E-state index contributed by atoms with van der Waals surface area (Å²) in [5, 5.41) is 7.99. The molecular weight excluding hydrogens is 374 g/mol. The van der Waals surface area contributed by atoms with E-state index in [0.29, 0.717) is 16.9 Å². The van der Waals surface area contributed by atoms with Crippen molar-refractivity contribution in [2.24, 2.45) is 0 Å². The molecule has 28 heavy (non-hydrogen) atoms. The lowest BCUT2D eigenvalue weighted by Crippen LogP contribution is -2.17. The van der Waals surface area contributed by atoms with Gasteiger partial charge in [0.05, 0.1) is 11.4 Å². The van der Waals surface area contributed by atoms with E-state index in [-0.39, 0.29) is 11.6 Å². The second-order valence-electron chi connectivity index (χ2n) is 6.52. The predicted octanol–water partition coefficient (Wildman–Crippen LogP) is 5.33. The summed E-state index contributed by atoms with van der Waals surface area (Å²) in [6.45, 7) is 0.760. The largest absolute Gasteiger partial charge is 0.573 e. The third-order valence-corrected chi connectivity index (χ3v) is 4.54. The Labute approximate surface area is 158 Å². The second kappa shape index (κ2) is 7.18. The number of benzene rings is 2. The molecule has 3 aromatic rings. The van der Waals surface area contributed by atoms with E-state index >= 15 is 0 Å². The Hall–Kier alpha value is -3.03. The van der Waals surface area contributed by atoms with Crippen LogP contribution in [0, 0.1) is 5.82 Å². The van der Waals surface area contributed by atoms with Crippen LogP contribution in [0.2, 0.25) is 0 Å². The fourth-order valence-corrected chi connectivity index (χ4v) is 3.35. The van der Waals surface area contributed by atoms with E-state index < -0.39 is 6.36 Å². The van der Waals surface area contributed by atoms with Gasteiger partial charge in [-0.15, -0.1) is 13.2 Å². The van der Waals surface area contributed by atoms with Gasteiger partial charge in [0.15, 0.2) is 0 Å². The molecule has 0 saturated carbocycles. The van der Waals surface area contributed by atoms with E-state index in [1.54, 1.807) is 16.8 Å². The van der Waals surface area contributed by atoms with Crippen molar-refractivity contribution < 1.29 is 22.3 Å². The summed E-state index contributed by atoms with van der Waals surface area (Å²) in [4.78, 5) is 0. The van der Waals surface area contributed by atoms with E-state index in [2.05, 4.69) is 15.2 Å². The SMILES string of the molecule is Fc1cccc(-c2nn(-c3ccc(OC(F)(F)F)cc3)c3c2CCCCN3)c1. The van der Waals surface area contributed by atoms with Gasteiger partial charge in [0.1, 0.15) is 17.4 Å². The van der Waals surface area contributed by atoms with Crippen molar-refractivity contribution in [2.75, 3.05) is 11.9 Å². The molecule has 0 aliphatic carbocycles. The van der Waals surface area contributed by atoms with Crippen LogP contribution in [-0.4, -0.2) is 22.7 Å². The summed E-state index contributed by atoms with van der Waals surface area (Å²) in [5.74, 6) is 0.130. The first kappa shape index (κ1) is 18.3. The minimum atomic E-state index is -4.74. The van der Waals surface area contributed by atoms with Gasteiger partial charge in [0, 0.05) is 17.7 Å². The van der Waals surface area contributed by atoms with Gasteiger partial charge in [-0.2, -0.15) is 5.10 Å². The number of hydrogen-bond acceptors (Lipinski definition) is 3. The molecule has 0 saturated heterocycles. The zero-order valence-electron chi connectivity index (χ0n) is 14.8. The number of nitrogens with one attached hydrogen (secondary N) is 1. The van der Waals surface area contributed by atoms with Crippen molar-refractivity contribution >= 4 is 5.82 Å². The first-order valence-corrected chi connectivity index (χ1v) is 8.88. The lowest BCUT2D eigenvalue weighted by atomic mass is 10.0. The van der Waals surface area contributed by atoms with E-state index in [1.807, 2.05) is 0 Å². The molecule has 1 aliphatic rings. The van der Waals surface area contributed by atoms with Gasteiger partial charge < -0.3 is 10.1 Å². The van der Waals surface area contributed by atoms with Crippen molar-refractivity contribution in [1.82, 2.24) is 9.78 Å². The molecule has 1 N–H and O–H groups in total. The highest BCUT2D eigenvalue weighted by atomic mass is 19.4. The van der Waals surface area contributed by atoms with Crippen molar-refractivity contribution in [1.29, 1.82) is 0 Å². The van der Waals surface area contributed by atoms with Crippen LogP contribution in [0.5, 0.6) is 5.75 Å². The molecule has 146 valence electrons. The standard InChI is InChI=1S/C20H17F4N3O/c21-14-5-3-4-13(12-14)18-17-6-1-2-11-25-19(17)27(26-18)15-7-9-16(10-8-15)28-20(22,23)24/h3-5,7-10,12,25H,1-2,6,11H2. The maximum atomic E-state index is 13.7. The van der Waals surface area contributed by atoms with Crippen LogP contribution >= 0.6 is 0 Å². The Morgan fingerprint density at radius 1 is 1.04 bits per heavy atom. The van der Waals surface area contributed by atoms with E-state index in [4.69, 9.17) is 0 Å². The number of halogens is 4. The minimum Gasteiger partial charge on any atom is -0.406 e. The topological polar surface area (TPSA) is 39.1 Å². The molecule has 2 aromatic carbocycles. The molecule has 0 atom stereocenters. The monoisotopic (exact) mass is 391 g/mol. The summed E-state index contributed by atoms with van der Waals surface area (Å²) < 4.78 is 56.4. The molecule has 4 rings (SSSR count). The van der Waals surface area contributed by atoms with Crippen LogP contribution < -0.4 is 10.1 Å². The Balaban J connectivity index is 1.77. The van der Waals surface area contributed by atoms with Gasteiger partial charge in [0.25, 0.3) is 0 Å². The van der Waals surface area contributed by atoms with Crippen molar-refractivity contribution in [2.45, 2.75) is 25.6 Å². The van der Waals surface area contributed by atoms with Crippen molar-refractivity contribution in [3.8, 4) is 22.7 Å². The van der Waals surface area contributed by atoms with Gasteiger partial charge in [-0.25, -0.2) is 9.07 Å². The smallest absolute Gasteiger partial charge is 0.406 e. The van der Waals surface area contributed by atoms with Crippen molar-refractivity contribution in [3.63, 3.8) is 0 Å². The number of anilines is 1. The Kier molecular flexibility index (Phi) is 4.70. The number of hydrogen-bond donors (Lipinski definition) is 1. The van der Waals surface area contributed by atoms with E-state index in [1.165, 1.54) is 36.4 Å². The first-order chi connectivity index (χ1) is 13.4. The fraction of sp³-hybridized carbons (Fsp3) is 0.250. The molecule has 8 heteroatoms. The molecule has 0 unspecified atom stereocenters. The highest BCUT2D eigenvalue weighted by molar-refractivity contribution is 5.71. The molecular formula is C20H17F4N3O. The summed E-state index contributed by atoms with van der Waals surface area (Å²) in [7, 11) is 0. The zero-order chi connectivity index (χ0) is 19.7. The average molecular weight is 391 g/mol. The molecule has 0 bridgehead atoms. The number of ether oxygens (including phenoxy) is 1. The van der Waals surface area contributed by atoms with Crippen LogP contribution in [0.15, 0.2) is 48.5 Å². The van der Waals surface area contributed by atoms with Crippen LogP contribution in [0.3, 0.4) is 0 Å². The molecule has 0 spiro atoms. The molecule has 1 aliphatic heterocycles. The zero-order valence-corrected chi connectivity index (χ0v) is 14.8. The highest BCUT2D eigenvalue weighted by Gasteiger charge is 2.31. The van der Waals surface area contributed by atoms with Crippen molar-refractivity contribution in [3.05, 3.63) is 59.9 Å². The maximum absolute atomic E-state index is 13.7.